The van der Waals surface area contributed by atoms with Crippen molar-refractivity contribution in [2.24, 2.45) is 11.7 Å². The Hall–Kier alpha value is -2.64. The van der Waals surface area contributed by atoms with Gasteiger partial charge in [0.05, 0.1) is 11.6 Å². The molecule has 138 valence electrons. The third kappa shape index (κ3) is 2.89. The number of nitrogens with two attached hydrogens (primary N) is 1. The summed E-state index contributed by atoms with van der Waals surface area (Å²) >= 11 is 0. The number of rotatable bonds is 3. The van der Waals surface area contributed by atoms with Gasteiger partial charge < -0.3 is 15.5 Å². The lowest BCUT2D eigenvalue weighted by molar-refractivity contribution is -0.130. The Labute approximate surface area is 152 Å². The van der Waals surface area contributed by atoms with E-state index in [-0.39, 0.29) is 30.2 Å². The molecule has 0 spiro atoms. The fourth-order valence-corrected chi connectivity index (χ4v) is 4.10. The van der Waals surface area contributed by atoms with Gasteiger partial charge in [0.2, 0.25) is 11.8 Å². The molecular formula is C18H24N6O2. The lowest BCUT2D eigenvalue weighted by atomic mass is 10.0. The fourth-order valence-electron chi connectivity index (χ4n) is 4.10. The Balaban J connectivity index is 1.49. The molecule has 1 unspecified atom stereocenters. The first kappa shape index (κ1) is 16.8. The molecule has 0 radical (unpaired) electrons. The maximum Gasteiger partial charge on any atom is 0.223 e. The van der Waals surface area contributed by atoms with Gasteiger partial charge in [0.1, 0.15) is 5.82 Å². The van der Waals surface area contributed by atoms with Crippen LogP contribution >= 0.6 is 0 Å². The summed E-state index contributed by atoms with van der Waals surface area (Å²) in [5.74, 6) is 0.385. The van der Waals surface area contributed by atoms with Gasteiger partial charge in [-0.25, -0.2) is 4.98 Å². The topological polar surface area (TPSA) is 96.8 Å². The van der Waals surface area contributed by atoms with E-state index in [2.05, 4.69) is 21.0 Å². The third-order valence-corrected chi connectivity index (χ3v) is 5.45. The van der Waals surface area contributed by atoms with Gasteiger partial charge in [-0.3, -0.25) is 9.59 Å². The monoisotopic (exact) mass is 356 g/mol. The number of hydrogen-bond acceptors (Lipinski definition) is 5. The molecule has 26 heavy (non-hydrogen) atoms. The number of likely N-dealkylation sites (tertiary alicyclic amines) is 1. The van der Waals surface area contributed by atoms with Crippen LogP contribution in [0.1, 0.15) is 30.7 Å². The van der Waals surface area contributed by atoms with Crippen molar-refractivity contribution in [3.63, 3.8) is 0 Å². The van der Waals surface area contributed by atoms with Gasteiger partial charge in [0, 0.05) is 49.9 Å². The molecule has 8 nitrogen and oxygen atoms in total. The van der Waals surface area contributed by atoms with Gasteiger partial charge >= 0.3 is 0 Å². The number of aryl methyl sites for hydroxylation is 2. The average Bonchev–Trinajstić information content (AvgIpc) is 3.16. The number of carbonyl (C=O) groups is 2. The Morgan fingerprint density at radius 1 is 1.19 bits per heavy atom. The number of fused-ring (bicyclic) bond motifs is 1. The van der Waals surface area contributed by atoms with E-state index in [0.29, 0.717) is 6.54 Å². The number of hydrogen-bond donors (Lipinski definition) is 1. The lowest BCUT2D eigenvalue weighted by Crippen LogP contribution is -2.46. The van der Waals surface area contributed by atoms with E-state index in [1.807, 2.05) is 29.3 Å². The zero-order chi connectivity index (χ0) is 18.4. The zero-order valence-electron chi connectivity index (χ0n) is 15.2. The van der Waals surface area contributed by atoms with E-state index in [1.165, 1.54) is 0 Å². The molecule has 0 aromatic carbocycles. The van der Waals surface area contributed by atoms with E-state index in [1.54, 1.807) is 0 Å². The number of aromatic nitrogens is 3. The van der Waals surface area contributed by atoms with Crippen molar-refractivity contribution in [1.82, 2.24) is 19.5 Å². The third-order valence-electron chi connectivity index (χ3n) is 5.45. The summed E-state index contributed by atoms with van der Waals surface area (Å²) < 4.78 is 1.90. The maximum atomic E-state index is 12.2. The van der Waals surface area contributed by atoms with Crippen LogP contribution in [-0.4, -0.2) is 57.0 Å². The Bertz CT molecular complexity index is 868. The molecule has 4 rings (SSSR count). The smallest absolute Gasteiger partial charge is 0.223 e. The second kappa shape index (κ2) is 6.26. The summed E-state index contributed by atoms with van der Waals surface area (Å²) in [4.78, 5) is 32.3. The first-order valence-electron chi connectivity index (χ1n) is 9.10. The number of nitrogens with zero attached hydrogens (tertiary/aromatic N) is 5. The molecule has 2 N–H and O–H groups in total. The van der Waals surface area contributed by atoms with E-state index < -0.39 is 0 Å². The van der Waals surface area contributed by atoms with Crippen LogP contribution in [0, 0.1) is 19.8 Å². The van der Waals surface area contributed by atoms with Gasteiger partial charge in [-0.05, 0) is 26.7 Å². The molecule has 2 aromatic heterocycles. The lowest BCUT2D eigenvalue weighted by Gasteiger charge is -2.37. The van der Waals surface area contributed by atoms with Gasteiger partial charge in [-0.2, -0.15) is 9.61 Å². The second-order valence-corrected chi connectivity index (χ2v) is 7.38. The van der Waals surface area contributed by atoms with Crippen LogP contribution in [0.2, 0.25) is 0 Å². The average molecular weight is 356 g/mol. The van der Waals surface area contributed by atoms with E-state index in [9.17, 15) is 9.59 Å². The Morgan fingerprint density at radius 3 is 2.58 bits per heavy atom. The van der Waals surface area contributed by atoms with Crippen LogP contribution in [0.25, 0.3) is 5.65 Å². The maximum absolute atomic E-state index is 12.2. The summed E-state index contributed by atoms with van der Waals surface area (Å²) in [7, 11) is 0. The predicted octanol–water partition coefficient (Wildman–Crippen LogP) is 0.649. The standard InChI is InChI=1S/C18H24N6O2/c1-11-8-16(24-15(20-11)7-12(2)21-24)22-5-3-14(4-6-22)23-10-13(18(19)26)9-17(23)25/h7-8,13-14H,3-6,9-10H2,1-2H3,(H2,19,26). The Morgan fingerprint density at radius 2 is 1.92 bits per heavy atom. The number of carbonyl (C=O) groups excluding carboxylic acids is 2. The normalized spacial score (nSPS) is 21.8. The van der Waals surface area contributed by atoms with Gasteiger partial charge in [0.15, 0.2) is 5.65 Å². The molecule has 0 saturated carbocycles. The van der Waals surface area contributed by atoms with Crippen molar-refractivity contribution < 1.29 is 9.59 Å². The summed E-state index contributed by atoms with van der Waals surface area (Å²) in [6.45, 7) is 6.11. The fraction of sp³-hybridized carbons (Fsp3) is 0.556. The molecule has 2 saturated heterocycles. The Kier molecular flexibility index (Phi) is 4.05. The molecule has 4 heterocycles. The van der Waals surface area contributed by atoms with E-state index in [0.717, 1.165) is 48.8 Å². The number of amides is 2. The molecule has 2 aliphatic rings. The summed E-state index contributed by atoms with van der Waals surface area (Å²) in [6.07, 6.45) is 2.01. The number of piperidine rings is 1. The second-order valence-electron chi connectivity index (χ2n) is 7.38. The summed E-state index contributed by atoms with van der Waals surface area (Å²) in [5, 5.41) is 4.56. The van der Waals surface area contributed by atoms with Crippen LogP contribution in [0.15, 0.2) is 12.1 Å². The van der Waals surface area contributed by atoms with Crippen molar-refractivity contribution in [1.29, 1.82) is 0 Å². The molecular weight excluding hydrogens is 332 g/mol. The molecule has 2 amide bonds. The highest BCUT2D eigenvalue weighted by Gasteiger charge is 2.38. The summed E-state index contributed by atoms with van der Waals surface area (Å²) in [5.41, 5.74) is 8.15. The van der Waals surface area contributed by atoms with Crippen molar-refractivity contribution in [2.45, 2.75) is 39.2 Å². The minimum absolute atomic E-state index is 0.0529. The molecule has 2 aliphatic heterocycles. The SMILES string of the molecule is Cc1cc(N2CCC(N3CC(C(N)=O)CC3=O)CC2)n2nc(C)cc2n1. The number of primary amides is 1. The first-order chi connectivity index (χ1) is 12.4. The van der Waals surface area contributed by atoms with Crippen LogP contribution in [0.3, 0.4) is 0 Å². The van der Waals surface area contributed by atoms with Crippen molar-refractivity contribution >= 4 is 23.3 Å². The van der Waals surface area contributed by atoms with Crippen molar-refractivity contribution in [3.8, 4) is 0 Å². The van der Waals surface area contributed by atoms with Crippen LogP contribution < -0.4 is 10.6 Å². The van der Waals surface area contributed by atoms with Crippen LogP contribution in [0.4, 0.5) is 5.82 Å². The van der Waals surface area contributed by atoms with E-state index >= 15 is 0 Å². The van der Waals surface area contributed by atoms with Gasteiger partial charge in [-0.1, -0.05) is 0 Å². The minimum Gasteiger partial charge on any atom is -0.369 e. The number of anilines is 1. The highest BCUT2D eigenvalue weighted by Crippen LogP contribution is 2.28. The van der Waals surface area contributed by atoms with Crippen LogP contribution in [-0.2, 0) is 9.59 Å². The quantitative estimate of drug-likeness (QED) is 0.871. The van der Waals surface area contributed by atoms with Gasteiger partial charge in [-0.15, -0.1) is 0 Å². The zero-order valence-corrected chi connectivity index (χ0v) is 15.2. The molecule has 2 fully saturated rings. The molecule has 0 bridgehead atoms. The molecule has 1 atom stereocenters. The molecule has 0 aliphatic carbocycles. The van der Waals surface area contributed by atoms with Gasteiger partial charge in [0.25, 0.3) is 0 Å². The minimum atomic E-state index is -0.373. The summed E-state index contributed by atoms with van der Waals surface area (Å²) in [6, 6.07) is 4.22. The van der Waals surface area contributed by atoms with Crippen molar-refractivity contribution in [2.75, 3.05) is 24.5 Å². The van der Waals surface area contributed by atoms with Crippen molar-refractivity contribution in [3.05, 3.63) is 23.5 Å². The first-order valence-corrected chi connectivity index (χ1v) is 9.10. The molecule has 2 aromatic rings. The highest BCUT2D eigenvalue weighted by atomic mass is 16.2. The predicted molar refractivity (Wildman–Crippen MR) is 96.7 cm³/mol. The largest absolute Gasteiger partial charge is 0.369 e. The van der Waals surface area contributed by atoms with E-state index in [4.69, 9.17) is 5.73 Å². The molecule has 8 heteroatoms. The highest BCUT2D eigenvalue weighted by molar-refractivity contribution is 5.88. The van der Waals surface area contributed by atoms with Crippen LogP contribution in [0.5, 0.6) is 0 Å².